The van der Waals surface area contributed by atoms with E-state index < -0.39 is 0 Å². The highest BCUT2D eigenvalue weighted by Crippen LogP contribution is 2.34. The van der Waals surface area contributed by atoms with Gasteiger partial charge in [-0.3, -0.25) is 9.59 Å². The van der Waals surface area contributed by atoms with Crippen LogP contribution in [0.4, 0.5) is 0 Å². The molecule has 0 saturated carbocycles. The maximum Gasteiger partial charge on any atom is 0.306 e. The van der Waals surface area contributed by atoms with Crippen LogP contribution in [0, 0.1) is 0 Å². The zero-order valence-electron chi connectivity index (χ0n) is 12.8. The van der Waals surface area contributed by atoms with Crippen molar-refractivity contribution in [2.24, 2.45) is 0 Å². The molecule has 1 atom stereocenters. The Morgan fingerprint density at radius 1 is 1.38 bits per heavy atom. The van der Waals surface area contributed by atoms with Gasteiger partial charge in [0.05, 0.1) is 13.0 Å². The lowest BCUT2D eigenvalue weighted by atomic mass is 9.80. The summed E-state index contributed by atoms with van der Waals surface area (Å²) in [6, 6.07) is 6.30. The SMILES string of the molecule is CCOC(=O)CC1CCCc2cc(CNC(C)=O)ccc21. The lowest BCUT2D eigenvalue weighted by Crippen LogP contribution is -2.20. The molecule has 0 fully saturated rings. The van der Waals surface area contributed by atoms with Crippen LogP contribution >= 0.6 is 0 Å². The number of esters is 1. The van der Waals surface area contributed by atoms with Gasteiger partial charge in [0.2, 0.25) is 5.91 Å². The van der Waals surface area contributed by atoms with Crippen molar-refractivity contribution in [2.45, 2.75) is 52.0 Å². The van der Waals surface area contributed by atoms with E-state index in [1.165, 1.54) is 18.1 Å². The van der Waals surface area contributed by atoms with Crippen LogP contribution in [-0.4, -0.2) is 18.5 Å². The van der Waals surface area contributed by atoms with Crippen molar-refractivity contribution in [2.75, 3.05) is 6.61 Å². The van der Waals surface area contributed by atoms with Gasteiger partial charge in [-0.15, -0.1) is 0 Å². The molecule has 4 heteroatoms. The van der Waals surface area contributed by atoms with E-state index in [0.29, 0.717) is 19.6 Å². The lowest BCUT2D eigenvalue weighted by molar-refractivity contribution is -0.143. The van der Waals surface area contributed by atoms with Crippen molar-refractivity contribution in [1.82, 2.24) is 5.32 Å². The molecule has 2 rings (SSSR count). The second kappa shape index (κ2) is 7.25. The minimum Gasteiger partial charge on any atom is -0.466 e. The number of aryl methyl sites for hydroxylation is 1. The summed E-state index contributed by atoms with van der Waals surface area (Å²) in [5.41, 5.74) is 3.68. The number of benzene rings is 1. The van der Waals surface area contributed by atoms with Crippen LogP contribution in [0.3, 0.4) is 0 Å². The average molecular weight is 289 g/mol. The lowest BCUT2D eigenvalue weighted by Gasteiger charge is -2.25. The molecule has 0 spiro atoms. The largest absolute Gasteiger partial charge is 0.466 e. The van der Waals surface area contributed by atoms with E-state index in [-0.39, 0.29) is 17.8 Å². The normalized spacial score (nSPS) is 17.0. The molecule has 0 bridgehead atoms. The summed E-state index contributed by atoms with van der Waals surface area (Å²) < 4.78 is 5.06. The first kappa shape index (κ1) is 15.5. The van der Waals surface area contributed by atoms with Gasteiger partial charge in [-0.1, -0.05) is 18.2 Å². The minimum absolute atomic E-state index is 0.0205. The fraction of sp³-hybridized carbons (Fsp3) is 0.529. The van der Waals surface area contributed by atoms with E-state index in [1.807, 2.05) is 13.0 Å². The van der Waals surface area contributed by atoms with Crippen LogP contribution in [-0.2, 0) is 27.3 Å². The fourth-order valence-electron chi connectivity index (χ4n) is 2.94. The fourth-order valence-corrected chi connectivity index (χ4v) is 2.94. The molecular weight excluding hydrogens is 266 g/mol. The van der Waals surface area contributed by atoms with Gasteiger partial charge in [0.1, 0.15) is 0 Å². The van der Waals surface area contributed by atoms with Crippen molar-refractivity contribution >= 4 is 11.9 Å². The summed E-state index contributed by atoms with van der Waals surface area (Å²) in [4.78, 5) is 22.7. The summed E-state index contributed by atoms with van der Waals surface area (Å²) in [5, 5.41) is 2.82. The van der Waals surface area contributed by atoms with Crippen LogP contribution in [0.1, 0.15) is 55.7 Å². The number of hydrogen-bond acceptors (Lipinski definition) is 3. The first-order valence-electron chi connectivity index (χ1n) is 7.62. The van der Waals surface area contributed by atoms with Crippen molar-refractivity contribution in [3.8, 4) is 0 Å². The molecule has 0 saturated heterocycles. The topological polar surface area (TPSA) is 55.4 Å². The number of hydrogen-bond donors (Lipinski definition) is 1. The van der Waals surface area contributed by atoms with Crippen LogP contribution < -0.4 is 5.32 Å². The maximum atomic E-state index is 11.7. The van der Waals surface area contributed by atoms with Crippen LogP contribution in [0.5, 0.6) is 0 Å². The standard InChI is InChI=1S/C17H23NO3/c1-3-21-17(20)10-15-6-4-5-14-9-13(7-8-16(14)15)11-18-12(2)19/h7-9,15H,3-6,10-11H2,1-2H3,(H,18,19). The summed E-state index contributed by atoms with van der Waals surface area (Å²) in [5.74, 6) is 0.133. The van der Waals surface area contributed by atoms with Crippen molar-refractivity contribution in [1.29, 1.82) is 0 Å². The van der Waals surface area contributed by atoms with E-state index >= 15 is 0 Å². The van der Waals surface area contributed by atoms with E-state index in [2.05, 4.69) is 17.4 Å². The van der Waals surface area contributed by atoms with Gasteiger partial charge in [-0.25, -0.2) is 0 Å². The Bertz CT molecular complexity index is 525. The third kappa shape index (κ3) is 4.31. The summed E-state index contributed by atoms with van der Waals surface area (Å²) >= 11 is 0. The summed E-state index contributed by atoms with van der Waals surface area (Å²) in [7, 11) is 0. The molecule has 4 nitrogen and oxygen atoms in total. The second-order valence-corrected chi connectivity index (χ2v) is 5.54. The molecule has 0 heterocycles. The van der Waals surface area contributed by atoms with Gasteiger partial charge in [0, 0.05) is 13.5 Å². The predicted octanol–water partition coefficient (Wildman–Crippen LogP) is 2.70. The van der Waals surface area contributed by atoms with Gasteiger partial charge in [-0.2, -0.15) is 0 Å². The smallest absolute Gasteiger partial charge is 0.306 e. The number of carbonyl (C=O) groups is 2. The Kier molecular flexibility index (Phi) is 5.37. The monoisotopic (exact) mass is 289 g/mol. The molecule has 1 N–H and O–H groups in total. The number of amides is 1. The number of rotatable bonds is 5. The minimum atomic E-state index is -0.113. The Balaban J connectivity index is 2.09. The zero-order chi connectivity index (χ0) is 15.2. The van der Waals surface area contributed by atoms with Crippen LogP contribution in [0.2, 0.25) is 0 Å². The number of fused-ring (bicyclic) bond motifs is 1. The Morgan fingerprint density at radius 2 is 2.19 bits per heavy atom. The first-order valence-corrected chi connectivity index (χ1v) is 7.62. The summed E-state index contributed by atoms with van der Waals surface area (Å²) in [6.07, 6.45) is 3.64. The molecule has 1 aliphatic carbocycles. The van der Waals surface area contributed by atoms with E-state index in [1.54, 1.807) is 0 Å². The van der Waals surface area contributed by atoms with Gasteiger partial charge in [0.15, 0.2) is 0 Å². The van der Waals surface area contributed by atoms with E-state index in [9.17, 15) is 9.59 Å². The van der Waals surface area contributed by atoms with Gasteiger partial charge in [-0.05, 0) is 48.8 Å². The predicted molar refractivity (Wildman–Crippen MR) is 80.9 cm³/mol. The van der Waals surface area contributed by atoms with E-state index in [4.69, 9.17) is 4.74 Å². The molecule has 1 aliphatic rings. The average Bonchev–Trinajstić information content (AvgIpc) is 2.45. The highest BCUT2D eigenvalue weighted by atomic mass is 16.5. The van der Waals surface area contributed by atoms with Gasteiger partial charge in [0.25, 0.3) is 0 Å². The van der Waals surface area contributed by atoms with Gasteiger partial charge < -0.3 is 10.1 Å². The molecule has 0 aromatic heterocycles. The van der Waals surface area contributed by atoms with Crippen LogP contribution in [0.25, 0.3) is 0 Å². The zero-order valence-corrected chi connectivity index (χ0v) is 12.8. The Morgan fingerprint density at radius 3 is 2.90 bits per heavy atom. The quantitative estimate of drug-likeness (QED) is 0.848. The second-order valence-electron chi connectivity index (χ2n) is 5.54. The Hall–Kier alpha value is -1.84. The first-order chi connectivity index (χ1) is 10.1. The third-order valence-corrected chi connectivity index (χ3v) is 3.91. The third-order valence-electron chi connectivity index (χ3n) is 3.91. The van der Waals surface area contributed by atoms with Gasteiger partial charge >= 0.3 is 5.97 Å². The van der Waals surface area contributed by atoms with Crippen molar-refractivity contribution in [3.05, 3.63) is 34.9 Å². The number of carbonyl (C=O) groups excluding carboxylic acids is 2. The molecule has 21 heavy (non-hydrogen) atoms. The highest BCUT2D eigenvalue weighted by molar-refractivity contribution is 5.72. The summed E-state index contributed by atoms with van der Waals surface area (Å²) in [6.45, 7) is 4.36. The number of nitrogens with one attached hydrogen (secondary N) is 1. The van der Waals surface area contributed by atoms with Crippen molar-refractivity contribution < 1.29 is 14.3 Å². The molecular formula is C17H23NO3. The molecule has 0 aliphatic heterocycles. The van der Waals surface area contributed by atoms with Crippen molar-refractivity contribution in [3.63, 3.8) is 0 Å². The molecule has 114 valence electrons. The molecule has 1 aromatic rings. The van der Waals surface area contributed by atoms with Crippen LogP contribution in [0.15, 0.2) is 18.2 Å². The molecule has 1 aromatic carbocycles. The van der Waals surface area contributed by atoms with E-state index in [0.717, 1.165) is 24.8 Å². The molecule has 1 amide bonds. The molecule has 0 radical (unpaired) electrons. The Labute approximate surface area is 125 Å². The number of ether oxygens (including phenoxy) is 1. The highest BCUT2D eigenvalue weighted by Gasteiger charge is 2.23. The molecule has 1 unspecified atom stereocenters. The maximum absolute atomic E-state index is 11.7.